The normalized spacial score (nSPS) is 13.5. The lowest BCUT2D eigenvalue weighted by Gasteiger charge is -2.38. The van der Waals surface area contributed by atoms with E-state index in [9.17, 15) is 0 Å². The van der Waals surface area contributed by atoms with Crippen molar-refractivity contribution in [2.45, 2.75) is 12.3 Å². The van der Waals surface area contributed by atoms with Gasteiger partial charge in [-0.3, -0.25) is 0 Å². The number of hydrogen-bond donors (Lipinski definition) is 0. The molecule has 0 heterocycles. The molecule has 0 saturated heterocycles. The summed E-state index contributed by atoms with van der Waals surface area (Å²) < 4.78 is 0. The molecule has 0 bridgehead atoms. The van der Waals surface area contributed by atoms with Crippen LogP contribution in [0, 0.1) is 6.92 Å². The number of rotatable bonds is 2. The molecule has 4 aromatic carbocycles. The first-order valence-corrected chi connectivity index (χ1v) is 10.6. The van der Waals surface area contributed by atoms with E-state index in [1.807, 2.05) is 67.6 Å². The van der Waals surface area contributed by atoms with Crippen molar-refractivity contribution >= 4 is 93.2 Å². The molecule has 0 atom stereocenters. The Labute approximate surface area is 204 Å². The summed E-state index contributed by atoms with van der Waals surface area (Å²) in [6.07, 6.45) is 0. The topological polar surface area (TPSA) is 0 Å². The van der Waals surface area contributed by atoms with Gasteiger partial charge in [0.1, 0.15) is 54.9 Å². The van der Waals surface area contributed by atoms with Crippen molar-refractivity contribution in [3.8, 4) is 11.1 Å². The number of fused-ring (bicyclic) bond motifs is 3. The minimum atomic E-state index is -0.927. The molecular formula is C26H13B7. The van der Waals surface area contributed by atoms with E-state index in [1.54, 1.807) is 0 Å². The second kappa shape index (κ2) is 7.69. The SMILES string of the molecule is [B]c1c([B])c([B])c2c(c1[B])-c1c(C)c([B])c([B])c([B])c1C2(c1ccccc1)c1ccccc1. The third-order valence-corrected chi connectivity index (χ3v) is 6.95. The van der Waals surface area contributed by atoms with Crippen LogP contribution in [0.4, 0.5) is 0 Å². The van der Waals surface area contributed by atoms with Gasteiger partial charge in [0.2, 0.25) is 0 Å². The van der Waals surface area contributed by atoms with E-state index in [2.05, 4.69) is 0 Å². The van der Waals surface area contributed by atoms with Gasteiger partial charge in [-0.25, -0.2) is 0 Å². The average Bonchev–Trinajstić information content (AvgIpc) is 3.17. The summed E-state index contributed by atoms with van der Waals surface area (Å²) in [5, 5.41) is 0. The Balaban J connectivity index is 2.16. The third kappa shape index (κ3) is 2.75. The zero-order valence-corrected chi connectivity index (χ0v) is 18.3. The zero-order chi connectivity index (χ0) is 23.7. The molecule has 0 N–H and O–H groups in total. The van der Waals surface area contributed by atoms with Gasteiger partial charge in [0, 0.05) is 0 Å². The first-order chi connectivity index (χ1) is 15.7. The van der Waals surface area contributed by atoms with Crippen LogP contribution >= 0.6 is 0 Å². The molecule has 0 saturated carbocycles. The summed E-state index contributed by atoms with van der Waals surface area (Å²) >= 11 is 0. The van der Waals surface area contributed by atoms with Crippen LogP contribution in [0.15, 0.2) is 60.7 Å². The van der Waals surface area contributed by atoms with Gasteiger partial charge in [-0.1, -0.05) is 82.6 Å². The molecule has 0 unspecified atom stereocenters. The molecule has 4 aromatic rings. The van der Waals surface area contributed by atoms with Crippen LogP contribution in [-0.2, 0) is 5.41 Å². The van der Waals surface area contributed by atoms with E-state index in [1.165, 1.54) is 0 Å². The first kappa shape index (κ1) is 22.1. The molecule has 1 aliphatic rings. The molecule has 0 aliphatic heterocycles. The van der Waals surface area contributed by atoms with Gasteiger partial charge in [-0.2, -0.15) is 0 Å². The Hall–Kier alpha value is -2.67. The lowest BCUT2D eigenvalue weighted by Crippen LogP contribution is -2.52. The van der Waals surface area contributed by atoms with Crippen molar-refractivity contribution in [2.24, 2.45) is 0 Å². The van der Waals surface area contributed by atoms with E-state index in [-0.39, 0.29) is 10.9 Å². The highest BCUT2D eigenvalue weighted by Crippen LogP contribution is 2.54. The number of benzene rings is 4. The van der Waals surface area contributed by atoms with Crippen molar-refractivity contribution < 1.29 is 0 Å². The molecule has 0 aromatic heterocycles. The van der Waals surface area contributed by atoms with Crippen LogP contribution in [0.5, 0.6) is 0 Å². The minimum absolute atomic E-state index is 0.238. The molecule has 1 aliphatic carbocycles. The summed E-state index contributed by atoms with van der Waals surface area (Å²) in [6.45, 7) is 1.90. The van der Waals surface area contributed by atoms with Crippen LogP contribution in [0.3, 0.4) is 0 Å². The highest BCUT2D eigenvalue weighted by atomic mass is 14.5. The summed E-state index contributed by atoms with van der Waals surface area (Å²) in [6, 6.07) is 20.0. The lowest BCUT2D eigenvalue weighted by molar-refractivity contribution is 0.779. The Bertz CT molecular complexity index is 1320. The molecule has 0 spiro atoms. The molecule has 0 nitrogen and oxygen atoms in total. The van der Waals surface area contributed by atoms with Gasteiger partial charge < -0.3 is 0 Å². The largest absolute Gasteiger partial charge is 0.113 e. The van der Waals surface area contributed by atoms with Crippen molar-refractivity contribution in [2.75, 3.05) is 0 Å². The summed E-state index contributed by atoms with van der Waals surface area (Å²) in [7, 11) is 45.7. The Morgan fingerprint density at radius 2 is 0.848 bits per heavy atom. The summed E-state index contributed by atoms with van der Waals surface area (Å²) in [5.41, 5.74) is 7.03. The molecular weight excluding hydrogens is 388 g/mol. The average molecular weight is 401 g/mol. The quantitative estimate of drug-likeness (QED) is 0.298. The number of hydrogen-bond acceptors (Lipinski definition) is 0. The first-order valence-electron chi connectivity index (χ1n) is 10.6. The Morgan fingerprint density at radius 1 is 0.455 bits per heavy atom. The maximum atomic E-state index is 6.76. The maximum Gasteiger partial charge on any atom is 0.113 e. The molecule has 7 heteroatoms. The van der Waals surface area contributed by atoms with E-state index in [0.717, 1.165) is 33.4 Å². The van der Waals surface area contributed by atoms with Crippen molar-refractivity contribution in [1.82, 2.24) is 0 Å². The smallest absolute Gasteiger partial charge is 0.111 e. The van der Waals surface area contributed by atoms with Gasteiger partial charge in [0.15, 0.2) is 0 Å². The molecule has 0 fully saturated rings. The zero-order valence-electron chi connectivity index (χ0n) is 18.3. The highest BCUT2D eigenvalue weighted by molar-refractivity contribution is 6.65. The van der Waals surface area contributed by atoms with Gasteiger partial charge in [-0.15, -0.1) is 21.9 Å². The standard InChI is InChI=1S/C26H13B7/c1-12-15-16-18(22(30)25(33)24(32)20(16)28)26(13-8-4-2-5-9-13,14-10-6-3-7-11-14)17(15)21(29)23(31)19(12)27/h2-11H,1H3. The van der Waals surface area contributed by atoms with E-state index >= 15 is 0 Å². The lowest BCUT2D eigenvalue weighted by atomic mass is 9.57. The monoisotopic (exact) mass is 402 g/mol. The maximum absolute atomic E-state index is 6.76. The molecule has 138 valence electrons. The third-order valence-electron chi connectivity index (χ3n) is 6.95. The molecule has 14 radical (unpaired) electrons. The second-order valence-electron chi connectivity index (χ2n) is 8.50. The van der Waals surface area contributed by atoms with Gasteiger partial charge in [0.25, 0.3) is 0 Å². The van der Waals surface area contributed by atoms with E-state index in [0.29, 0.717) is 32.9 Å². The molecule has 5 rings (SSSR count). The predicted molar refractivity (Wildman–Crippen MR) is 146 cm³/mol. The predicted octanol–water partition coefficient (Wildman–Crippen LogP) is -2.09. The Kier molecular flexibility index (Phi) is 5.16. The van der Waals surface area contributed by atoms with Gasteiger partial charge >= 0.3 is 0 Å². The second-order valence-corrected chi connectivity index (χ2v) is 8.50. The highest BCUT2D eigenvalue weighted by Gasteiger charge is 2.49. The van der Waals surface area contributed by atoms with Gasteiger partial charge in [-0.05, 0) is 40.3 Å². The van der Waals surface area contributed by atoms with Crippen LogP contribution in [0.25, 0.3) is 11.1 Å². The molecule has 33 heavy (non-hydrogen) atoms. The van der Waals surface area contributed by atoms with Crippen molar-refractivity contribution in [3.05, 3.63) is 88.5 Å². The van der Waals surface area contributed by atoms with Crippen molar-refractivity contribution in [3.63, 3.8) is 0 Å². The van der Waals surface area contributed by atoms with Gasteiger partial charge in [0.05, 0.1) is 5.41 Å². The van der Waals surface area contributed by atoms with Crippen LogP contribution in [-0.4, -0.2) is 54.9 Å². The van der Waals surface area contributed by atoms with E-state index < -0.39 is 5.41 Å². The van der Waals surface area contributed by atoms with Crippen molar-refractivity contribution in [1.29, 1.82) is 0 Å². The summed E-state index contributed by atoms with van der Waals surface area (Å²) in [4.78, 5) is 0. The molecule has 0 amide bonds. The fraction of sp³-hybridized carbons (Fsp3) is 0.0769. The Morgan fingerprint density at radius 3 is 1.33 bits per heavy atom. The fourth-order valence-electron chi connectivity index (χ4n) is 5.36. The van der Waals surface area contributed by atoms with Crippen LogP contribution in [0.1, 0.15) is 27.8 Å². The van der Waals surface area contributed by atoms with E-state index in [4.69, 9.17) is 54.9 Å². The van der Waals surface area contributed by atoms with Crippen LogP contribution in [0.2, 0.25) is 0 Å². The minimum Gasteiger partial charge on any atom is -0.111 e. The summed E-state index contributed by atoms with van der Waals surface area (Å²) in [5.74, 6) is 0. The van der Waals surface area contributed by atoms with Crippen LogP contribution < -0.4 is 38.2 Å². The fourth-order valence-corrected chi connectivity index (χ4v) is 5.36.